The summed E-state index contributed by atoms with van der Waals surface area (Å²) in [5.41, 5.74) is 0.452. The highest BCUT2D eigenvalue weighted by atomic mass is 127. The monoisotopic (exact) mass is 406 g/mol. The lowest BCUT2D eigenvalue weighted by Gasteiger charge is -2.37. The van der Waals surface area contributed by atoms with E-state index in [1.807, 2.05) is 20.8 Å². The number of rotatable bonds is 3. The van der Waals surface area contributed by atoms with Crippen molar-refractivity contribution in [2.24, 2.45) is 0 Å². The van der Waals surface area contributed by atoms with Crippen molar-refractivity contribution < 1.29 is 13.9 Å². The summed E-state index contributed by atoms with van der Waals surface area (Å²) in [6, 6.07) is 5.11. The van der Waals surface area contributed by atoms with E-state index in [0.717, 1.165) is 22.1 Å². The number of benzene rings is 1. The first-order valence-electron chi connectivity index (χ1n) is 6.94. The molecule has 0 bridgehead atoms. The van der Waals surface area contributed by atoms with E-state index in [-0.39, 0.29) is 18.0 Å². The third-order valence-corrected chi connectivity index (χ3v) is 4.04. The van der Waals surface area contributed by atoms with Crippen molar-refractivity contribution in [2.45, 2.75) is 51.3 Å². The summed E-state index contributed by atoms with van der Waals surface area (Å²) in [6.07, 6.45) is 1.31. The van der Waals surface area contributed by atoms with E-state index in [9.17, 15) is 9.18 Å². The number of halogens is 2. The van der Waals surface area contributed by atoms with Crippen LogP contribution in [0.25, 0.3) is 0 Å². The molecular formula is C15H20FIN2O2. The molecule has 0 radical (unpaired) electrons. The molecule has 0 aromatic heterocycles. The Morgan fingerprint density at radius 1 is 1.33 bits per heavy atom. The van der Waals surface area contributed by atoms with Crippen molar-refractivity contribution in [1.29, 1.82) is 0 Å². The van der Waals surface area contributed by atoms with Gasteiger partial charge in [-0.1, -0.05) is 0 Å². The minimum absolute atomic E-state index is 0.135. The molecule has 2 N–H and O–H groups in total. The van der Waals surface area contributed by atoms with Gasteiger partial charge in [0.15, 0.2) is 0 Å². The molecule has 0 heterocycles. The standard InChI is InChI=1S/C15H20FIN2O2/c1-15(2,3)21-14(20)19-11-7-10(8-11)18-13-5-4-9(16)6-12(13)17/h4-6,10-11,18H,7-8H2,1-3H3,(H,19,20). The van der Waals surface area contributed by atoms with Crippen molar-refractivity contribution in [3.8, 4) is 0 Å². The normalized spacial score (nSPS) is 21.4. The van der Waals surface area contributed by atoms with Crippen LogP contribution in [0.3, 0.4) is 0 Å². The van der Waals surface area contributed by atoms with E-state index in [2.05, 4.69) is 33.2 Å². The first kappa shape index (κ1) is 16.3. The van der Waals surface area contributed by atoms with Gasteiger partial charge in [0.2, 0.25) is 0 Å². The number of carbonyl (C=O) groups is 1. The van der Waals surface area contributed by atoms with Gasteiger partial charge >= 0.3 is 6.09 Å². The number of alkyl carbamates (subject to hydrolysis) is 1. The second-order valence-corrected chi connectivity index (χ2v) is 7.44. The van der Waals surface area contributed by atoms with E-state index in [0.29, 0.717) is 6.04 Å². The van der Waals surface area contributed by atoms with Crippen LogP contribution in [0.5, 0.6) is 0 Å². The Balaban J connectivity index is 1.75. The second-order valence-electron chi connectivity index (χ2n) is 6.28. The molecule has 0 spiro atoms. The fourth-order valence-electron chi connectivity index (χ4n) is 2.15. The van der Waals surface area contributed by atoms with Crippen LogP contribution in [-0.2, 0) is 4.74 Å². The van der Waals surface area contributed by atoms with Crippen LogP contribution < -0.4 is 10.6 Å². The van der Waals surface area contributed by atoms with E-state index < -0.39 is 5.60 Å². The summed E-state index contributed by atoms with van der Waals surface area (Å²) >= 11 is 2.11. The molecule has 2 rings (SSSR count). The fraction of sp³-hybridized carbons (Fsp3) is 0.533. The number of nitrogens with one attached hydrogen (secondary N) is 2. The minimum Gasteiger partial charge on any atom is -0.444 e. The molecule has 0 unspecified atom stereocenters. The molecule has 4 nitrogen and oxygen atoms in total. The Bertz CT molecular complexity index is 525. The SMILES string of the molecule is CC(C)(C)OC(=O)NC1CC(Nc2ccc(F)cc2I)C1. The van der Waals surface area contributed by atoms with Crippen molar-refractivity contribution in [3.05, 3.63) is 27.6 Å². The van der Waals surface area contributed by atoms with Crippen LogP contribution in [0.4, 0.5) is 14.9 Å². The lowest BCUT2D eigenvalue weighted by atomic mass is 9.86. The van der Waals surface area contributed by atoms with E-state index >= 15 is 0 Å². The van der Waals surface area contributed by atoms with E-state index in [4.69, 9.17) is 4.74 Å². The zero-order valence-electron chi connectivity index (χ0n) is 12.4. The van der Waals surface area contributed by atoms with Gasteiger partial charge in [-0.25, -0.2) is 9.18 Å². The number of anilines is 1. The average Bonchev–Trinajstić information content (AvgIpc) is 2.26. The highest BCUT2D eigenvalue weighted by Gasteiger charge is 2.31. The Morgan fingerprint density at radius 3 is 2.57 bits per heavy atom. The largest absolute Gasteiger partial charge is 0.444 e. The number of hydrogen-bond donors (Lipinski definition) is 2. The maximum atomic E-state index is 13.0. The smallest absolute Gasteiger partial charge is 0.407 e. The Kier molecular flexibility index (Phi) is 4.95. The summed E-state index contributed by atoms with van der Waals surface area (Å²) in [5.74, 6) is -0.233. The lowest BCUT2D eigenvalue weighted by molar-refractivity contribution is 0.0475. The van der Waals surface area contributed by atoms with Crippen molar-refractivity contribution >= 4 is 34.4 Å². The van der Waals surface area contributed by atoms with Gasteiger partial charge in [-0.05, 0) is 74.4 Å². The molecule has 1 saturated carbocycles. The third-order valence-electron chi connectivity index (χ3n) is 3.15. The van der Waals surface area contributed by atoms with Gasteiger partial charge in [0.05, 0.1) is 0 Å². The molecule has 1 aliphatic rings. The molecule has 116 valence electrons. The van der Waals surface area contributed by atoms with Crippen LogP contribution in [0.15, 0.2) is 18.2 Å². The van der Waals surface area contributed by atoms with Crippen LogP contribution in [0.2, 0.25) is 0 Å². The molecule has 0 saturated heterocycles. The van der Waals surface area contributed by atoms with Crippen LogP contribution in [0.1, 0.15) is 33.6 Å². The second kappa shape index (κ2) is 6.37. The molecule has 0 atom stereocenters. The highest BCUT2D eigenvalue weighted by Crippen LogP contribution is 2.27. The maximum Gasteiger partial charge on any atom is 0.407 e. The van der Waals surface area contributed by atoms with E-state index in [1.54, 1.807) is 6.07 Å². The molecule has 1 aromatic rings. The topological polar surface area (TPSA) is 50.4 Å². The predicted molar refractivity (Wildman–Crippen MR) is 88.9 cm³/mol. The number of ether oxygens (including phenoxy) is 1. The molecule has 1 aromatic carbocycles. The quantitative estimate of drug-likeness (QED) is 0.749. The summed E-state index contributed by atoms with van der Waals surface area (Å²) < 4.78 is 19.1. The van der Waals surface area contributed by atoms with Crippen molar-refractivity contribution in [3.63, 3.8) is 0 Å². The molecule has 6 heteroatoms. The number of carbonyl (C=O) groups excluding carboxylic acids is 1. The zero-order valence-corrected chi connectivity index (χ0v) is 14.5. The number of amides is 1. The molecule has 1 aliphatic carbocycles. The highest BCUT2D eigenvalue weighted by molar-refractivity contribution is 14.1. The van der Waals surface area contributed by atoms with Gasteiger partial charge in [-0.2, -0.15) is 0 Å². The summed E-state index contributed by atoms with van der Waals surface area (Å²) in [6.45, 7) is 5.52. The average molecular weight is 406 g/mol. The van der Waals surface area contributed by atoms with Gasteiger partial charge in [0, 0.05) is 21.3 Å². The summed E-state index contributed by atoms with van der Waals surface area (Å²) in [5, 5.41) is 6.21. The molecule has 0 aliphatic heterocycles. The Hall–Kier alpha value is -1.05. The van der Waals surface area contributed by atoms with Gasteiger partial charge in [0.1, 0.15) is 11.4 Å². The molecule has 1 amide bonds. The maximum absolute atomic E-state index is 13.0. The van der Waals surface area contributed by atoms with Gasteiger partial charge in [-0.15, -0.1) is 0 Å². The van der Waals surface area contributed by atoms with Gasteiger partial charge < -0.3 is 15.4 Å². The zero-order chi connectivity index (χ0) is 15.6. The predicted octanol–water partition coefficient (Wildman–Crippen LogP) is 3.90. The van der Waals surface area contributed by atoms with Gasteiger partial charge in [0.25, 0.3) is 0 Å². The molecule has 1 fully saturated rings. The minimum atomic E-state index is -0.476. The van der Waals surface area contributed by atoms with Gasteiger partial charge in [-0.3, -0.25) is 0 Å². The first-order valence-corrected chi connectivity index (χ1v) is 8.02. The van der Waals surface area contributed by atoms with Crippen molar-refractivity contribution in [2.75, 3.05) is 5.32 Å². The summed E-state index contributed by atoms with van der Waals surface area (Å²) in [4.78, 5) is 11.6. The molecule has 21 heavy (non-hydrogen) atoms. The van der Waals surface area contributed by atoms with Crippen LogP contribution >= 0.6 is 22.6 Å². The first-order chi connectivity index (χ1) is 9.73. The Morgan fingerprint density at radius 2 is 2.00 bits per heavy atom. The Labute approximate surface area is 138 Å². The lowest BCUT2D eigenvalue weighted by Crippen LogP contribution is -2.50. The summed E-state index contributed by atoms with van der Waals surface area (Å²) in [7, 11) is 0. The number of hydrogen-bond acceptors (Lipinski definition) is 3. The molecular weight excluding hydrogens is 386 g/mol. The van der Waals surface area contributed by atoms with Crippen molar-refractivity contribution in [1.82, 2.24) is 5.32 Å². The van der Waals surface area contributed by atoms with E-state index in [1.165, 1.54) is 12.1 Å². The third kappa shape index (κ3) is 5.01. The fourth-order valence-corrected chi connectivity index (χ4v) is 2.79. The van der Waals surface area contributed by atoms with Crippen LogP contribution in [0, 0.1) is 9.39 Å². The van der Waals surface area contributed by atoms with Crippen LogP contribution in [-0.4, -0.2) is 23.8 Å².